The molecule has 0 saturated carbocycles. The maximum Gasteiger partial charge on any atom is 0.253 e. The van der Waals surface area contributed by atoms with Gasteiger partial charge in [-0.05, 0) is 30.7 Å². The van der Waals surface area contributed by atoms with Crippen LogP contribution in [0.25, 0.3) is 0 Å². The molecule has 1 aromatic rings. The van der Waals surface area contributed by atoms with Gasteiger partial charge in [0, 0.05) is 51.4 Å². The Hall–Kier alpha value is -1.43. The van der Waals surface area contributed by atoms with Crippen LogP contribution in [0.15, 0.2) is 24.3 Å². The highest BCUT2D eigenvalue weighted by atomic mass is 16.5. The van der Waals surface area contributed by atoms with Gasteiger partial charge >= 0.3 is 0 Å². The predicted octanol–water partition coefficient (Wildman–Crippen LogP) is 2.08. The largest absolute Gasteiger partial charge is 0.379 e. The maximum atomic E-state index is 12.7. The van der Waals surface area contributed by atoms with Crippen molar-refractivity contribution in [2.45, 2.75) is 26.3 Å². The van der Waals surface area contributed by atoms with Crippen LogP contribution in [0.2, 0.25) is 0 Å². The average molecular weight is 345 g/mol. The standard InChI is InChI=1S/C20H31N3O2/c1-2-3-8-21-9-11-23(12-10-21)20(24)19-6-4-18(5-7-19)17-22-13-15-25-16-14-22/h4-7H,2-3,8-17H2,1H3. The summed E-state index contributed by atoms with van der Waals surface area (Å²) < 4.78 is 5.39. The lowest BCUT2D eigenvalue weighted by molar-refractivity contribution is 0.0342. The van der Waals surface area contributed by atoms with E-state index in [0.29, 0.717) is 0 Å². The highest BCUT2D eigenvalue weighted by Gasteiger charge is 2.21. The minimum absolute atomic E-state index is 0.174. The van der Waals surface area contributed by atoms with Crippen LogP contribution in [0.5, 0.6) is 0 Å². The van der Waals surface area contributed by atoms with Crippen LogP contribution in [-0.4, -0.2) is 79.6 Å². The molecule has 0 aromatic heterocycles. The van der Waals surface area contributed by atoms with Gasteiger partial charge in [-0.25, -0.2) is 0 Å². The molecule has 0 radical (unpaired) electrons. The number of nitrogens with zero attached hydrogens (tertiary/aromatic N) is 3. The number of hydrogen-bond donors (Lipinski definition) is 0. The fraction of sp³-hybridized carbons (Fsp3) is 0.650. The van der Waals surface area contributed by atoms with E-state index in [4.69, 9.17) is 4.74 Å². The molecule has 2 aliphatic heterocycles. The van der Waals surface area contributed by atoms with Gasteiger partial charge in [-0.3, -0.25) is 14.6 Å². The van der Waals surface area contributed by atoms with Crippen molar-refractivity contribution in [3.63, 3.8) is 0 Å². The Kier molecular flexibility index (Phi) is 6.84. The van der Waals surface area contributed by atoms with E-state index in [1.807, 2.05) is 17.0 Å². The van der Waals surface area contributed by atoms with Crippen molar-refractivity contribution in [3.8, 4) is 0 Å². The summed E-state index contributed by atoms with van der Waals surface area (Å²) in [6.07, 6.45) is 2.48. The monoisotopic (exact) mass is 345 g/mol. The van der Waals surface area contributed by atoms with Gasteiger partial charge in [0.2, 0.25) is 0 Å². The summed E-state index contributed by atoms with van der Waals surface area (Å²) in [7, 11) is 0. The highest BCUT2D eigenvalue weighted by Crippen LogP contribution is 2.13. The minimum atomic E-state index is 0.174. The van der Waals surface area contributed by atoms with Gasteiger partial charge in [-0.1, -0.05) is 25.5 Å². The molecule has 0 atom stereocenters. The van der Waals surface area contributed by atoms with Crippen LogP contribution in [0.4, 0.5) is 0 Å². The molecule has 2 fully saturated rings. The molecular formula is C20H31N3O2. The molecule has 1 aromatic carbocycles. The molecule has 3 rings (SSSR count). The number of carbonyl (C=O) groups is 1. The van der Waals surface area contributed by atoms with Crippen molar-refractivity contribution >= 4 is 5.91 Å². The third-order valence-corrected chi connectivity index (χ3v) is 5.20. The number of unbranched alkanes of at least 4 members (excludes halogenated alkanes) is 1. The summed E-state index contributed by atoms with van der Waals surface area (Å²) in [5.74, 6) is 0.174. The number of morpholine rings is 1. The maximum absolute atomic E-state index is 12.7. The molecule has 0 aliphatic carbocycles. The van der Waals surface area contributed by atoms with Crippen molar-refractivity contribution in [2.24, 2.45) is 0 Å². The molecular weight excluding hydrogens is 314 g/mol. The summed E-state index contributed by atoms with van der Waals surface area (Å²) >= 11 is 0. The molecule has 0 bridgehead atoms. The summed E-state index contributed by atoms with van der Waals surface area (Å²) in [5, 5.41) is 0. The first-order valence-corrected chi connectivity index (χ1v) is 9.67. The zero-order valence-corrected chi connectivity index (χ0v) is 15.5. The topological polar surface area (TPSA) is 36.0 Å². The number of piperazine rings is 1. The zero-order valence-electron chi connectivity index (χ0n) is 15.5. The summed E-state index contributed by atoms with van der Waals surface area (Å²) in [4.78, 5) is 19.6. The fourth-order valence-corrected chi connectivity index (χ4v) is 3.51. The molecule has 5 heteroatoms. The first kappa shape index (κ1) is 18.4. The van der Waals surface area contributed by atoms with Crippen LogP contribution >= 0.6 is 0 Å². The zero-order chi connectivity index (χ0) is 17.5. The lowest BCUT2D eigenvalue weighted by Gasteiger charge is -2.34. The quantitative estimate of drug-likeness (QED) is 0.791. The molecule has 1 amide bonds. The normalized spacial score (nSPS) is 20.0. The average Bonchev–Trinajstić information content (AvgIpc) is 2.68. The number of carbonyl (C=O) groups excluding carboxylic acids is 1. The van der Waals surface area contributed by atoms with E-state index < -0.39 is 0 Å². The van der Waals surface area contributed by atoms with E-state index in [2.05, 4.69) is 28.9 Å². The van der Waals surface area contributed by atoms with Crippen LogP contribution < -0.4 is 0 Å². The van der Waals surface area contributed by atoms with Gasteiger partial charge in [-0.2, -0.15) is 0 Å². The second kappa shape index (κ2) is 9.32. The van der Waals surface area contributed by atoms with E-state index in [0.717, 1.165) is 71.1 Å². The molecule has 0 N–H and O–H groups in total. The number of ether oxygens (including phenoxy) is 1. The van der Waals surface area contributed by atoms with Gasteiger partial charge in [0.25, 0.3) is 5.91 Å². The number of benzene rings is 1. The smallest absolute Gasteiger partial charge is 0.253 e. The molecule has 25 heavy (non-hydrogen) atoms. The molecule has 2 heterocycles. The first-order chi connectivity index (χ1) is 12.3. The molecule has 2 saturated heterocycles. The summed E-state index contributed by atoms with van der Waals surface area (Å²) in [6.45, 7) is 11.6. The fourth-order valence-electron chi connectivity index (χ4n) is 3.51. The lowest BCUT2D eigenvalue weighted by atomic mass is 10.1. The van der Waals surface area contributed by atoms with Crippen molar-refractivity contribution < 1.29 is 9.53 Å². The van der Waals surface area contributed by atoms with Crippen molar-refractivity contribution in [2.75, 3.05) is 59.0 Å². The molecule has 0 unspecified atom stereocenters. The summed E-state index contributed by atoms with van der Waals surface area (Å²) in [5.41, 5.74) is 2.08. The summed E-state index contributed by atoms with van der Waals surface area (Å²) in [6, 6.07) is 8.17. The van der Waals surface area contributed by atoms with Crippen molar-refractivity contribution in [3.05, 3.63) is 35.4 Å². The van der Waals surface area contributed by atoms with Gasteiger partial charge in [0.05, 0.1) is 13.2 Å². The van der Waals surface area contributed by atoms with E-state index in [9.17, 15) is 4.79 Å². The highest BCUT2D eigenvalue weighted by molar-refractivity contribution is 5.94. The molecule has 2 aliphatic rings. The van der Waals surface area contributed by atoms with Crippen LogP contribution in [0.1, 0.15) is 35.7 Å². The van der Waals surface area contributed by atoms with Crippen LogP contribution in [0.3, 0.4) is 0 Å². The Morgan fingerprint density at radius 3 is 2.28 bits per heavy atom. The predicted molar refractivity (Wildman–Crippen MR) is 99.8 cm³/mol. The Morgan fingerprint density at radius 1 is 0.960 bits per heavy atom. The van der Waals surface area contributed by atoms with E-state index in [1.54, 1.807) is 0 Å². The van der Waals surface area contributed by atoms with Gasteiger partial charge < -0.3 is 9.64 Å². The van der Waals surface area contributed by atoms with Gasteiger partial charge in [-0.15, -0.1) is 0 Å². The SMILES string of the molecule is CCCCN1CCN(C(=O)c2ccc(CN3CCOCC3)cc2)CC1. The number of hydrogen-bond acceptors (Lipinski definition) is 4. The minimum Gasteiger partial charge on any atom is -0.379 e. The van der Waals surface area contributed by atoms with E-state index >= 15 is 0 Å². The van der Waals surface area contributed by atoms with Crippen molar-refractivity contribution in [1.29, 1.82) is 0 Å². The van der Waals surface area contributed by atoms with Crippen LogP contribution in [0, 0.1) is 0 Å². The second-order valence-corrected chi connectivity index (χ2v) is 7.07. The van der Waals surface area contributed by atoms with Gasteiger partial charge in [0.15, 0.2) is 0 Å². The Labute approximate surface area is 151 Å². The van der Waals surface area contributed by atoms with Crippen molar-refractivity contribution in [1.82, 2.24) is 14.7 Å². The third kappa shape index (κ3) is 5.27. The Bertz CT molecular complexity index is 532. The number of rotatable bonds is 6. The van der Waals surface area contributed by atoms with E-state index in [1.165, 1.54) is 18.4 Å². The molecule has 138 valence electrons. The molecule has 5 nitrogen and oxygen atoms in total. The first-order valence-electron chi connectivity index (χ1n) is 9.67. The Balaban J connectivity index is 1.49. The second-order valence-electron chi connectivity index (χ2n) is 7.07. The molecule has 0 spiro atoms. The van der Waals surface area contributed by atoms with E-state index in [-0.39, 0.29) is 5.91 Å². The number of amides is 1. The van der Waals surface area contributed by atoms with Gasteiger partial charge in [0.1, 0.15) is 0 Å². The van der Waals surface area contributed by atoms with Crippen LogP contribution in [-0.2, 0) is 11.3 Å². The Morgan fingerprint density at radius 2 is 1.64 bits per heavy atom. The lowest BCUT2D eigenvalue weighted by Crippen LogP contribution is -2.48. The third-order valence-electron chi connectivity index (χ3n) is 5.20.